The maximum absolute atomic E-state index is 13.8. The van der Waals surface area contributed by atoms with Crippen molar-refractivity contribution in [3.8, 4) is 0 Å². The molecule has 0 aromatic heterocycles. The first kappa shape index (κ1) is 21.4. The molecule has 0 N–H and O–H groups in total. The van der Waals surface area contributed by atoms with Gasteiger partial charge in [0.15, 0.2) is 5.78 Å². The number of carbonyl (C=O) groups excluding carboxylic acids is 1. The third-order valence-corrected chi connectivity index (χ3v) is 5.75. The standard InChI is InChI=1S/C26H27NO3/c1-3-23(20-10-6-4-7-11-20)25(26(28)22-12-8-5-9-13-22)24(18-27(29)30)21-16-14-19(2)15-17-21/h4-17,23-25H,3,18H2,1-2H3. The molecule has 0 aliphatic carbocycles. The number of nitrogens with zero attached hydrogens (tertiary/aromatic N) is 1. The molecule has 0 bridgehead atoms. The van der Waals surface area contributed by atoms with E-state index in [4.69, 9.17) is 0 Å². The number of Topliss-reactive ketones (excluding diaryl/α,β-unsaturated/α-hetero) is 1. The first-order chi connectivity index (χ1) is 14.5. The second-order valence-corrected chi connectivity index (χ2v) is 7.71. The molecule has 4 nitrogen and oxygen atoms in total. The number of hydrogen-bond donors (Lipinski definition) is 0. The third-order valence-electron chi connectivity index (χ3n) is 5.75. The largest absolute Gasteiger partial charge is 0.294 e. The molecule has 0 fully saturated rings. The molecule has 0 amide bonds. The lowest BCUT2D eigenvalue weighted by atomic mass is 9.70. The molecule has 3 aromatic rings. The Balaban J connectivity index is 2.15. The zero-order chi connectivity index (χ0) is 21.5. The van der Waals surface area contributed by atoms with Crippen LogP contribution in [0.5, 0.6) is 0 Å². The normalized spacial score (nSPS) is 13.9. The van der Waals surface area contributed by atoms with Crippen molar-refractivity contribution < 1.29 is 9.72 Å². The van der Waals surface area contributed by atoms with E-state index in [-0.39, 0.29) is 23.2 Å². The lowest BCUT2D eigenvalue weighted by Gasteiger charge is -2.31. The molecule has 0 spiro atoms. The van der Waals surface area contributed by atoms with Crippen LogP contribution in [-0.2, 0) is 0 Å². The van der Waals surface area contributed by atoms with E-state index in [0.29, 0.717) is 12.0 Å². The predicted molar refractivity (Wildman–Crippen MR) is 120 cm³/mol. The molecule has 0 saturated heterocycles. The van der Waals surface area contributed by atoms with Gasteiger partial charge in [-0.25, -0.2) is 0 Å². The number of carbonyl (C=O) groups is 1. The van der Waals surface area contributed by atoms with Crippen LogP contribution < -0.4 is 0 Å². The number of rotatable bonds is 9. The highest BCUT2D eigenvalue weighted by Crippen LogP contribution is 2.40. The molecule has 154 valence electrons. The summed E-state index contributed by atoms with van der Waals surface area (Å²) in [5.74, 6) is -1.21. The van der Waals surface area contributed by atoms with Crippen molar-refractivity contribution in [2.24, 2.45) is 5.92 Å². The molecule has 3 unspecified atom stereocenters. The fourth-order valence-corrected chi connectivity index (χ4v) is 4.24. The van der Waals surface area contributed by atoms with Gasteiger partial charge in [0.2, 0.25) is 6.54 Å². The van der Waals surface area contributed by atoms with E-state index >= 15 is 0 Å². The molecule has 3 rings (SSSR count). The van der Waals surface area contributed by atoms with E-state index in [0.717, 1.165) is 16.7 Å². The van der Waals surface area contributed by atoms with Gasteiger partial charge in [-0.3, -0.25) is 14.9 Å². The quantitative estimate of drug-likeness (QED) is 0.249. The molecule has 0 saturated carbocycles. The van der Waals surface area contributed by atoms with Gasteiger partial charge in [-0.15, -0.1) is 0 Å². The van der Waals surface area contributed by atoms with Gasteiger partial charge in [-0.1, -0.05) is 97.4 Å². The van der Waals surface area contributed by atoms with Crippen molar-refractivity contribution in [2.75, 3.05) is 6.54 Å². The Morgan fingerprint density at radius 1 is 0.833 bits per heavy atom. The van der Waals surface area contributed by atoms with Crippen molar-refractivity contribution in [1.82, 2.24) is 0 Å². The van der Waals surface area contributed by atoms with Crippen LogP contribution in [0.3, 0.4) is 0 Å². The average molecular weight is 402 g/mol. The summed E-state index contributed by atoms with van der Waals surface area (Å²) in [5, 5.41) is 11.7. The highest BCUT2D eigenvalue weighted by atomic mass is 16.6. The van der Waals surface area contributed by atoms with Gasteiger partial charge in [-0.05, 0) is 30.4 Å². The Kier molecular flexibility index (Phi) is 7.12. The van der Waals surface area contributed by atoms with Crippen LogP contribution >= 0.6 is 0 Å². The Bertz CT molecular complexity index is 968. The van der Waals surface area contributed by atoms with Gasteiger partial charge in [0.1, 0.15) is 0 Å². The number of aryl methyl sites for hydroxylation is 1. The molecule has 0 heterocycles. The van der Waals surface area contributed by atoms with Gasteiger partial charge >= 0.3 is 0 Å². The van der Waals surface area contributed by atoms with Crippen molar-refractivity contribution in [1.29, 1.82) is 0 Å². The summed E-state index contributed by atoms with van der Waals surface area (Å²) in [6, 6.07) is 26.8. The second kappa shape index (κ2) is 9.97. The fraction of sp³-hybridized carbons (Fsp3) is 0.269. The van der Waals surface area contributed by atoms with Gasteiger partial charge < -0.3 is 0 Å². The van der Waals surface area contributed by atoms with Crippen molar-refractivity contribution in [3.63, 3.8) is 0 Å². The van der Waals surface area contributed by atoms with E-state index in [1.807, 2.05) is 86.6 Å². The van der Waals surface area contributed by atoms with Crippen molar-refractivity contribution >= 4 is 5.78 Å². The van der Waals surface area contributed by atoms with Gasteiger partial charge in [-0.2, -0.15) is 0 Å². The van der Waals surface area contributed by atoms with Crippen LogP contribution in [0.2, 0.25) is 0 Å². The smallest absolute Gasteiger partial charge is 0.211 e. The predicted octanol–water partition coefficient (Wildman–Crippen LogP) is 6.05. The van der Waals surface area contributed by atoms with E-state index in [2.05, 4.69) is 0 Å². The van der Waals surface area contributed by atoms with Crippen molar-refractivity contribution in [2.45, 2.75) is 32.1 Å². The minimum absolute atomic E-state index is 0.0428. The molecule has 0 aliphatic rings. The Hall–Kier alpha value is -3.27. The first-order valence-corrected chi connectivity index (χ1v) is 10.3. The maximum Gasteiger partial charge on any atom is 0.211 e. The summed E-state index contributed by atoms with van der Waals surface area (Å²) in [4.78, 5) is 25.1. The summed E-state index contributed by atoms with van der Waals surface area (Å²) in [6.45, 7) is 3.74. The zero-order valence-corrected chi connectivity index (χ0v) is 17.4. The van der Waals surface area contributed by atoms with Crippen LogP contribution in [0.25, 0.3) is 0 Å². The number of hydrogen-bond acceptors (Lipinski definition) is 3. The monoisotopic (exact) mass is 401 g/mol. The summed E-state index contributed by atoms with van der Waals surface area (Å²) in [6.07, 6.45) is 0.716. The molecular formula is C26H27NO3. The molecule has 0 radical (unpaired) electrons. The SMILES string of the molecule is CCC(c1ccccc1)C(C(=O)c1ccccc1)C(C[N+](=O)[O-])c1ccc(C)cc1. The van der Waals surface area contributed by atoms with Crippen LogP contribution in [0.4, 0.5) is 0 Å². The number of ketones is 1. The third kappa shape index (κ3) is 5.01. The van der Waals surface area contributed by atoms with Crippen LogP contribution in [0, 0.1) is 23.0 Å². The number of nitro groups is 1. The average Bonchev–Trinajstić information content (AvgIpc) is 2.77. The molecule has 3 aromatic carbocycles. The second-order valence-electron chi connectivity index (χ2n) is 7.71. The minimum Gasteiger partial charge on any atom is -0.294 e. The zero-order valence-electron chi connectivity index (χ0n) is 17.4. The summed E-state index contributed by atoms with van der Waals surface area (Å²) in [5.41, 5.74) is 3.55. The Morgan fingerprint density at radius 2 is 1.37 bits per heavy atom. The fourth-order valence-electron chi connectivity index (χ4n) is 4.24. The lowest BCUT2D eigenvalue weighted by molar-refractivity contribution is -0.484. The summed E-state index contributed by atoms with van der Waals surface area (Å²) < 4.78 is 0. The van der Waals surface area contributed by atoms with E-state index in [1.54, 1.807) is 12.1 Å². The molecule has 3 atom stereocenters. The Morgan fingerprint density at radius 3 is 1.90 bits per heavy atom. The molecular weight excluding hydrogens is 374 g/mol. The Labute approximate surface area is 177 Å². The highest BCUT2D eigenvalue weighted by Gasteiger charge is 2.39. The van der Waals surface area contributed by atoms with E-state index < -0.39 is 11.8 Å². The molecule has 4 heteroatoms. The van der Waals surface area contributed by atoms with Gasteiger partial charge in [0.25, 0.3) is 0 Å². The number of benzene rings is 3. The van der Waals surface area contributed by atoms with Gasteiger partial charge in [0, 0.05) is 16.4 Å². The van der Waals surface area contributed by atoms with E-state index in [9.17, 15) is 14.9 Å². The summed E-state index contributed by atoms with van der Waals surface area (Å²) >= 11 is 0. The molecule has 30 heavy (non-hydrogen) atoms. The minimum atomic E-state index is -0.534. The highest BCUT2D eigenvalue weighted by molar-refractivity contribution is 5.99. The summed E-state index contributed by atoms with van der Waals surface area (Å²) in [7, 11) is 0. The molecule has 0 aliphatic heterocycles. The first-order valence-electron chi connectivity index (χ1n) is 10.3. The van der Waals surface area contributed by atoms with E-state index in [1.165, 1.54) is 0 Å². The van der Waals surface area contributed by atoms with Crippen molar-refractivity contribution in [3.05, 3.63) is 117 Å². The van der Waals surface area contributed by atoms with Crippen LogP contribution in [-0.4, -0.2) is 17.3 Å². The topological polar surface area (TPSA) is 60.2 Å². The maximum atomic E-state index is 13.8. The van der Waals surface area contributed by atoms with Crippen LogP contribution in [0.15, 0.2) is 84.9 Å². The van der Waals surface area contributed by atoms with Gasteiger partial charge in [0.05, 0.1) is 5.92 Å². The lowest BCUT2D eigenvalue weighted by Crippen LogP contribution is -2.32. The van der Waals surface area contributed by atoms with Crippen LogP contribution in [0.1, 0.15) is 52.2 Å².